The quantitative estimate of drug-likeness (QED) is 0.385. The molecule has 0 aromatic heterocycles. The lowest BCUT2D eigenvalue weighted by molar-refractivity contribution is -0.140. The molecule has 1 aliphatic rings. The maximum Gasteiger partial charge on any atom is 0.247 e. The highest BCUT2D eigenvalue weighted by Crippen LogP contribution is 2.37. The molecule has 3 rings (SSSR count). The Morgan fingerprint density at radius 2 is 1.75 bits per heavy atom. The van der Waals surface area contributed by atoms with E-state index in [4.69, 9.17) is 4.74 Å². The molecular formula is C31H47N3O2. The van der Waals surface area contributed by atoms with E-state index < -0.39 is 5.54 Å². The molecule has 1 unspecified atom stereocenters. The van der Waals surface area contributed by atoms with Gasteiger partial charge in [0.05, 0.1) is 0 Å². The number of carbonyl (C=O) groups excluding carboxylic acids is 1. The van der Waals surface area contributed by atoms with Gasteiger partial charge in [-0.1, -0.05) is 56.2 Å². The molecular weight excluding hydrogens is 446 g/mol. The van der Waals surface area contributed by atoms with Gasteiger partial charge in [0.15, 0.2) is 0 Å². The van der Waals surface area contributed by atoms with E-state index in [9.17, 15) is 4.79 Å². The molecule has 0 aliphatic carbocycles. The number of nitrogens with zero attached hydrogens (tertiary/aromatic N) is 2. The summed E-state index contributed by atoms with van der Waals surface area (Å²) in [5.74, 6) is 1.08. The average molecular weight is 494 g/mol. The number of nitrogens with one attached hydrogen (secondary N) is 1. The Balaban J connectivity index is 1.85. The third-order valence-electron chi connectivity index (χ3n) is 7.50. The molecule has 0 spiro atoms. The summed E-state index contributed by atoms with van der Waals surface area (Å²) in [5, 5.41) is 3.70. The van der Waals surface area contributed by atoms with Crippen LogP contribution in [0.15, 0.2) is 48.5 Å². The van der Waals surface area contributed by atoms with Crippen molar-refractivity contribution in [1.82, 2.24) is 15.1 Å². The van der Waals surface area contributed by atoms with E-state index in [1.165, 1.54) is 5.56 Å². The van der Waals surface area contributed by atoms with E-state index in [0.29, 0.717) is 25.2 Å². The van der Waals surface area contributed by atoms with Crippen molar-refractivity contribution < 1.29 is 9.53 Å². The first-order valence-electron chi connectivity index (χ1n) is 13.9. The lowest BCUT2D eigenvalue weighted by Gasteiger charge is -2.43. The number of unbranched alkanes of at least 4 members (excludes halogenated alkanes) is 1. The highest BCUT2D eigenvalue weighted by molar-refractivity contribution is 5.88. The summed E-state index contributed by atoms with van der Waals surface area (Å²) >= 11 is 0. The third-order valence-corrected chi connectivity index (χ3v) is 7.50. The standard InChI is InChI=1S/C31H47N3O2/c1-7-9-18-31(30(35)33(8-2)20-21-34(24(3)4)25(5)6)29-16-15-28(22-27(29)17-19-32-31)36-23-26-13-11-10-12-14-26/h10-16,22,24-25,32H,7-9,17-21,23H2,1-6H3. The van der Waals surface area contributed by atoms with Crippen LogP contribution < -0.4 is 10.1 Å². The predicted octanol–water partition coefficient (Wildman–Crippen LogP) is 5.76. The zero-order valence-corrected chi connectivity index (χ0v) is 23.3. The summed E-state index contributed by atoms with van der Waals surface area (Å²) in [5.41, 5.74) is 2.84. The van der Waals surface area contributed by atoms with Crippen LogP contribution in [0.2, 0.25) is 0 Å². The van der Waals surface area contributed by atoms with Gasteiger partial charge < -0.3 is 9.64 Å². The Kier molecular flexibility index (Phi) is 10.4. The minimum atomic E-state index is -0.669. The SMILES string of the molecule is CCCCC1(C(=O)N(CC)CCN(C(C)C)C(C)C)NCCc2cc(OCc3ccccc3)ccc21. The highest BCUT2D eigenvalue weighted by atomic mass is 16.5. The Hall–Kier alpha value is -2.37. The van der Waals surface area contributed by atoms with Crippen molar-refractivity contribution in [2.24, 2.45) is 0 Å². The van der Waals surface area contributed by atoms with Gasteiger partial charge in [0.25, 0.3) is 0 Å². The number of fused-ring (bicyclic) bond motifs is 1. The molecule has 1 atom stereocenters. The zero-order valence-electron chi connectivity index (χ0n) is 23.3. The van der Waals surface area contributed by atoms with E-state index in [1.807, 2.05) is 24.3 Å². The number of carbonyl (C=O) groups is 1. The second kappa shape index (κ2) is 13.3. The van der Waals surface area contributed by atoms with Crippen LogP contribution in [0.3, 0.4) is 0 Å². The van der Waals surface area contributed by atoms with Gasteiger partial charge in [-0.3, -0.25) is 15.0 Å². The lowest BCUT2D eigenvalue weighted by atomic mass is 9.77. The Bertz CT molecular complexity index is 952. The van der Waals surface area contributed by atoms with Gasteiger partial charge in [0.1, 0.15) is 17.9 Å². The molecule has 5 heteroatoms. The number of amides is 1. The van der Waals surface area contributed by atoms with Gasteiger partial charge in [-0.25, -0.2) is 0 Å². The van der Waals surface area contributed by atoms with Crippen molar-refractivity contribution in [3.63, 3.8) is 0 Å². The molecule has 2 aromatic carbocycles. The number of hydrogen-bond donors (Lipinski definition) is 1. The summed E-state index contributed by atoms with van der Waals surface area (Å²) in [6.45, 7) is 16.9. The molecule has 0 fully saturated rings. The van der Waals surface area contributed by atoms with Crippen LogP contribution in [-0.2, 0) is 23.4 Å². The van der Waals surface area contributed by atoms with E-state index in [2.05, 4.69) is 80.9 Å². The van der Waals surface area contributed by atoms with Gasteiger partial charge >= 0.3 is 0 Å². The summed E-state index contributed by atoms with van der Waals surface area (Å²) in [6.07, 6.45) is 3.78. The van der Waals surface area contributed by atoms with Crippen LogP contribution in [0, 0.1) is 0 Å². The molecule has 1 N–H and O–H groups in total. The molecule has 198 valence electrons. The maximum absolute atomic E-state index is 14.3. The monoisotopic (exact) mass is 493 g/mol. The first kappa shape index (κ1) is 28.2. The Labute approximate surface area is 219 Å². The van der Waals surface area contributed by atoms with Crippen LogP contribution in [0.25, 0.3) is 0 Å². The van der Waals surface area contributed by atoms with Gasteiger partial charge in [-0.05, 0) is 76.3 Å². The smallest absolute Gasteiger partial charge is 0.247 e. The molecule has 1 heterocycles. The van der Waals surface area contributed by atoms with E-state index in [-0.39, 0.29) is 5.91 Å². The lowest BCUT2D eigenvalue weighted by Crippen LogP contribution is -2.59. The van der Waals surface area contributed by atoms with Crippen LogP contribution >= 0.6 is 0 Å². The number of likely N-dealkylation sites (N-methyl/N-ethyl adjacent to an activating group) is 1. The fraction of sp³-hybridized carbons (Fsp3) is 0.581. The van der Waals surface area contributed by atoms with Crippen LogP contribution in [0.5, 0.6) is 5.75 Å². The third kappa shape index (κ3) is 6.68. The predicted molar refractivity (Wildman–Crippen MR) is 149 cm³/mol. The first-order chi connectivity index (χ1) is 17.3. The number of rotatable bonds is 13. The van der Waals surface area contributed by atoms with Crippen molar-refractivity contribution in [3.05, 3.63) is 65.2 Å². The number of ether oxygens (including phenoxy) is 1. The van der Waals surface area contributed by atoms with Crippen molar-refractivity contribution >= 4 is 5.91 Å². The summed E-state index contributed by atoms with van der Waals surface area (Å²) in [7, 11) is 0. The molecule has 0 saturated carbocycles. The minimum absolute atomic E-state index is 0.213. The van der Waals surface area contributed by atoms with Crippen molar-refractivity contribution in [2.75, 3.05) is 26.2 Å². The van der Waals surface area contributed by atoms with Gasteiger partial charge in [-0.2, -0.15) is 0 Å². The van der Waals surface area contributed by atoms with Crippen LogP contribution in [0.4, 0.5) is 0 Å². The van der Waals surface area contributed by atoms with E-state index in [0.717, 1.165) is 62.2 Å². The molecule has 0 radical (unpaired) electrons. The maximum atomic E-state index is 14.3. The highest BCUT2D eigenvalue weighted by Gasteiger charge is 2.44. The normalized spacial score (nSPS) is 17.5. The minimum Gasteiger partial charge on any atom is -0.489 e. The van der Waals surface area contributed by atoms with Crippen molar-refractivity contribution in [2.45, 2.75) is 91.5 Å². The Morgan fingerprint density at radius 1 is 1.03 bits per heavy atom. The molecule has 0 saturated heterocycles. The molecule has 5 nitrogen and oxygen atoms in total. The molecule has 0 bridgehead atoms. The topological polar surface area (TPSA) is 44.8 Å². The van der Waals surface area contributed by atoms with E-state index >= 15 is 0 Å². The molecule has 36 heavy (non-hydrogen) atoms. The van der Waals surface area contributed by atoms with Gasteiger partial charge in [0.2, 0.25) is 5.91 Å². The second-order valence-corrected chi connectivity index (χ2v) is 10.6. The first-order valence-corrected chi connectivity index (χ1v) is 13.9. The number of hydrogen-bond acceptors (Lipinski definition) is 4. The summed E-state index contributed by atoms with van der Waals surface area (Å²) in [6, 6.07) is 17.5. The van der Waals surface area contributed by atoms with Gasteiger partial charge in [0, 0.05) is 38.3 Å². The number of benzene rings is 2. The van der Waals surface area contributed by atoms with Crippen LogP contribution in [-0.4, -0.2) is 54.0 Å². The van der Waals surface area contributed by atoms with Crippen LogP contribution in [0.1, 0.15) is 77.5 Å². The molecule has 1 aliphatic heterocycles. The molecule has 1 amide bonds. The van der Waals surface area contributed by atoms with Crippen molar-refractivity contribution in [1.29, 1.82) is 0 Å². The average Bonchev–Trinajstić information content (AvgIpc) is 2.88. The van der Waals surface area contributed by atoms with Crippen molar-refractivity contribution in [3.8, 4) is 5.75 Å². The largest absolute Gasteiger partial charge is 0.489 e. The van der Waals surface area contributed by atoms with Gasteiger partial charge in [-0.15, -0.1) is 0 Å². The zero-order chi connectivity index (χ0) is 26.1. The summed E-state index contributed by atoms with van der Waals surface area (Å²) < 4.78 is 6.12. The Morgan fingerprint density at radius 3 is 2.39 bits per heavy atom. The second-order valence-electron chi connectivity index (χ2n) is 10.6. The fourth-order valence-corrected chi connectivity index (χ4v) is 5.51. The fourth-order valence-electron chi connectivity index (χ4n) is 5.51. The summed E-state index contributed by atoms with van der Waals surface area (Å²) in [4.78, 5) is 18.8. The van der Waals surface area contributed by atoms with E-state index in [1.54, 1.807) is 0 Å². The molecule has 2 aromatic rings.